The van der Waals surface area contributed by atoms with Crippen molar-refractivity contribution in [2.24, 2.45) is 0 Å². The predicted molar refractivity (Wildman–Crippen MR) is 155 cm³/mol. The average Bonchev–Trinajstić information content (AvgIpc) is 3.18. The van der Waals surface area contributed by atoms with Crippen LogP contribution in [0.2, 0.25) is 0 Å². The molecule has 0 fully saturated rings. The molecule has 1 aliphatic heterocycles. The van der Waals surface area contributed by atoms with Crippen LogP contribution in [0, 0.1) is 0 Å². The van der Waals surface area contributed by atoms with Gasteiger partial charge in [0.1, 0.15) is 11.6 Å². The third-order valence-corrected chi connectivity index (χ3v) is 6.64. The van der Waals surface area contributed by atoms with E-state index in [9.17, 15) is 4.79 Å². The summed E-state index contributed by atoms with van der Waals surface area (Å²) in [4.78, 5) is 27.9. The highest BCUT2D eigenvalue weighted by Crippen LogP contribution is 2.43. The van der Waals surface area contributed by atoms with Crippen LogP contribution in [0.3, 0.4) is 0 Å². The van der Waals surface area contributed by atoms with Gasteiger partial charge in [0.2, 0.25) is 5.91 Å². The van der Waals surface area contributed by atoms with Crippen LogP contribution in [0.5, 0.6) is 5.75 Å². The Hall–Kier alpha value is -4.11. The van der Waals surface area contributed by atoms with E-state index in [4.69, 9.17) is 4.74 Å². The van der Waals surface area contributed by atoms with Crippen molar-refractivity contribution in [2.45, 2.75) is 19.3 Å². The largest absolute Gasteiger partial charge is 0.494 e. The van der Waals surface area contributed by atoms with E-state index in [-0.39, 0.29) is 11.3 Å². The zero-order valence-corrected chi connectivity index (χ0v) is 23.1. The number of nitrogens with zero attached hydrogens (tertiary/aromatic N) is 5. The minimum Gasteiger partial charge on any atom is -0.494 e. The molecule has 38 heavy (non-hydrogen) atoms. The molecule has 0 saturated carbocycles. The Kier molecular flexibility index (Phi) is 7.87. The Morgan fingerprint density at radius 2 is 1.92 bits per heavy atom. The number of nitrogens with one attached hydrogen (secondary N) is 2. The third-order valence-electron chi connectivity index (χ3n) is 6.64. The molecular weight excluding hydrogens is 478 g/mol. The number of pyridine rings is 2. The first-order chi connectivity index (χ1) is 18.1. The normalized spacial score (nSPS) is 13.7. The monoisotopic (exact) mass is 515 g/mol. The maximum atomic E-state index is 12.3. The van der Waals surface area contributed by atoms with Gasteiger partial charge in [0.15, 0.2) is 0 Å². The summed E-state index contributed by atoms with van der Waals surface area (Å²) in [6.45, 7) is 10.5. The molecule has 0 aliphatic carbocycles. The molecule has 3 heterocycles. The van der Waals surface area contributed by atoms with E-state index >= 15 is 0 Å². The van der Waals surface area contributed by atoms with Gasteiger partial charge in [-0.05, 0) is 44.4 Å². The lowest BCUT2D eigenvalue weighted by Crippen LogP contribution is -2.29. The highest BCUT2D eigenvalue weighted by atomic mass is 16.5. The molecule has 200 valence electrons. The Morgan fingerprint density at radius 1 is 1.13 bits per heavy atom. The molecule has 2 N–H and O–H groups in total. The van der Waals surface area contributed by atoms with E-state index in [1.807, 2.05) is 57.7 Å². The number of amides is 1. The third kappa shape index (κ3) is 5.73. The van der Waals surface area contributed by atoms with Crippen molar-refractivity contribution in [3.05, 3.63) is 67.1 Å². The number of ether oxygens (including phenoxy) is 1. The van der Waals surface area contributed by atoms with Crippen molar-refractivity contribution in [1.29, 1.82) is 0 Å². The van der Waals surface area contributed by atoms with Gasteiger partial charge in [-0.2, -0.15) is 0 Å². The number of hydrogen-bond donors (Lipinski definition) is 2. The molecule has 4 rings (SSSR count). The van der Waals surface area contributed by atoms with Crippen LogP contribution in [-0.2, 0) is 10.2 Å². The molecule has 0 atom stereocenters. The molecule has 2 aromatic heterocycles. The van der Waals surface area contributed by atoms with Crippen molar-refractivity contribution in [3.63, 3.8) is 0 Å². The van der Waals surface area contributed by atoms with Gasteiger partial charge < -0.3 is 30.1 Å². The Bertz CT molecular complexity index is 1320. The average molecular weight is 516 g/mol. The van der Waals surface area contributed by atoms with Crippen LogP contribution < -0.4 is 25.2 Å². The summed E-state index contributed by atoms with van der Waals surface area (Å²) in [5.74, 6) is 1.01. The van der Waals surface area contributed by atoms with Crippen molar-refractivity contribution >= 4 is 40.2 Å². The second kappa shape index (κ2) is 11.1. The van der Waals surface area contributed by atoms with E-state index in [0.29, 0.717) is 22.9 Å². The van der Waals surface area contributed by atoms with Crippen LogP contribution in [0.25, 0.3) is 0 Å². The van der Waals surface area contributed by atoms with E-state index < -0.39 is 0 Å². The SMILES string of the molecule is C=CC(=O)Nc1cc(Nc2cc(N3CC(C)(C)c4ncccc43)ccn2)c(OC)cc1N(C)CCN(C)C. The van der Waals surface area contributed by atoms with Crippen molar-refractivity contribution in [1.82, 2.24) is 14.9 Å². The minimum absolute atomic E-state index is 0.0661. The fourth-order valence-corrected chi connectivity index (χ4v) is 4.62. The highest BCUT2D eigenvalue weighted by molar-refractivity contribution is 6.02. The summed E-state index contributed by atoms with van der Waals surface area (Å²) < 4.78 is 5.75. The first kappa shape index (κ1) is 26.9. The predicted octanol–water partition coefficient (Wildman–Crippen LogP) is 4.78. The number of rotatable bonds is 10. The highest BCUT2D eigenvalue weighted by Gasteiger charge is 2.37. The van der Waals surface area contributed by atoms with Crippen LogP contribution in [0.1, 0.15) is 19.5 Å². The summed E-state index contributed by atoms with van der Waals surface area (Å²) in [5, 5.41) is 6.34. The van der Waals surface area contributed by atoms with Crippen LogP contribution in [0.4, 0.5) is 34.3 Å². The van der Waals surface area contributed by atoms with Gasteiger partial charge in [-0.25, -0.2) is 4.98 Å². The molecule has 1 amide bonds. The summed E-state index contributed by atoms with van der Waals surface area (Å²) in [6, 6.07) is 11.9. The summed E-state index contributed by atoms with van der Waals surface area (Å²) >= 11 is 0. The van der Waals surface area contributed by atoms with Crippen LogP contribution in [0.15, 0.2) is 61.4 Å². The smallest absolute Gasteiger partial charge is 0.247 e. The fraction of sp³-hybridized carbons (Fsp3) is 0.345. The summed E-state index contributed by atoms with van der Waals surface area (Å²) in [5.41, 5.74) is 5.32. The fourth-order valence-electron chi connectivity index (χ4n) is 4.62. The van der Waals surface area contributed by atoms with Gasteiger partial charge in [-0.3, -0.25) is 9.78 Å². The van der Waals surface area contributed by atoms with Gasteiger partial charge in [0, 0.05) is 62.3 Å². The Morgan fingerprint density at radius 3 is 2.63 bits per heavy atom. The van der Waals surface area contributed by atoms with Crippen LogP contribution >= 0.6 is 0 Å². The maximum Gasteiger partial charge on any atom is 0.247 e. The zero-order valence-electron chi connectivity index (χ0n) is 23.1. The van der Waals surface area contributed by atoms with Gasteiger partial charge in [-0.1, -0.05) is 20.4 Å². The maximum absolute atomic E-state index is 12.3. The van der Waals surface area contributed by atoms with E-state index in [0.717, 1.165) is 42.4 Å². The first-order valence-electron chi connectivity index (χ1n) is 12.6. The van der Waals surface area contributed by atoms with Gasteiger partial charge in [0.25, 0.3) is 0 Å². The quantitative estimate of drug-likeness (QED) is 0.373. The minimum atomic E-state index is -0.285. The number of fused-ring (bicyclic) bond motifs is 1. The number of anilines is 6. The molecule has 9 heteroatoms. The number of methoxy groups -OCH3 is 1. The van der Waals surface area contributed by atoms with Gasteiger partial charge in [-0.15, -0.1) is 0 Å². The van der Waals surface area contributed by atoms with Crippen molar-refractivity contribution in [3.8, 4) is 5.75 Å². The lowest BCUT2D eigenvalue weighted by Gasteiger charge is -2.26. The molecular formula is C29H37N7O2. The Labute approximate surface area is 225 Å². The number of carbonyl (C=O) groups is 1. The van der Waals surface area contributed by atoms with E-state index in [1.165, 1.54) is 6.08 Å². The standard InChI is InChI=1S/C29H37N7O2/c1-8-27(37)33-21-17-22(25(38-7)18-24(21)35(6)15-14-34(4)5)32-26-16-20(11-13-30-26)36-19-29(2,3)28-23(36)10-9-12-31-28/h8-13,16-18H,1,14-15,19H2,2-7H3,(H,30,32)(H,33,37). The van der Waals surface area contributed by atoms with Crippen molar-refractivity contribution in [2.75, 3.05) is 68.3 Å². The molecule has 0 bridgehead atoms. The Balaban J connectivity index is 1.67. The second-order valence-corrected chi connectivity index (χ2v) is 10.4. The van der Waals surface area contributed by atoms with Gasteiger partial charge >= 0.3 is 0 Å². The lowest BCUT2D eigenvalue weighted by atomic mass is 9.91. The topological polar surface area (TPSA) is 85.9 Å². The number of carbonyl (C=O) groups excluding carboxylic acids is 1. The van der Waals surface area contributed by atoms with E-state index in [2.05, 4.69) is 61.8 Å². The second-order valence-electron chi connectivity index (χ2n) is 10.4. The molecule has 9 nitrogen and oxygen atoms in total. The number of hydrogen-bond acceptors (Lipinski definition) is 8. The first-order valence-corrected chi connectivity index (χ1v) is 12.6. The number of benzene rings is 1. The van der Waals surface area contributed by atoms with Gasteiger partial charge in [0.05, 0.1) is 35.6 Å². The van der Waals surface area contributed by atoms with E-state index in [1.54, 1.807) is 13.3 Å². The molecule has 0 spiro atoms. The molecule has 1 aromatic carbocycles. The number of aromatic nitrogens is 2. The zero-order chi connectivity index (χ0) is 27.4. The number of likely N-dealkylation sites (N-methyl/N-ethyl adjacent to an activating group) is 2. The lowest BCUT2D eigenvalue weighted by molar-refractivity contribution is -0.111. The summed E-state index contributed by atoms with van der Waals surface area (Å²) in [6.07, 6.45) is 4.89. The molecule has 3 aromatic rings. The molecule has 0 unspecified atom stereocenters. The molecule has 0 radical (unpaired) electrons. The molecule has 0 saturated heterocycles. The molecule has 1 aliphatic rings. The van der Waals surface area contributed by atoms with Crippen molar-refractivity contribution < 1.29 is 9.53 Å². The summed E-state index contributed by atoms with van der Waals surface area (Å²) in [7, 11) is 7.68. The van der Waals surface area contributed by atoms with Crippen LogP contribution in [-0.4, -0.2) is 68.7 Å².